The Morgan fingerprint density at radius 2 is 1.73 bits per heavy atom. The van der Waals surface area contributed by atoms with Crippen molar-refractivity contribution in [3.63, 3.8) is 0 Å². The molecule has 0 bridgehead atoms. The number of rotatable bonds is 7. The van der Waals surface area contributed by atoms with Gasteiger partial charge in [0.25, 0.3) is 0 Å². The van der Waals surface area contributed by atoms with Gasteiger partial charge in [-0.3, -0.25) is 0 Å². The Balaban J connectivity index is 2.02. The summed E-state index contributed by atoms with van der Waals surface area (Å²) in [5.74, 6) is 0.859. The van der Waals surface area contributed by atoms with Crippen molar-refractivity contribution in [3.8, 4) is 11.5 Å². The zero-order valence-corrected chi connectivity index (χ0v) is 15.6. The molecule has 2 aromatic rings. The molecule has 26 heavy (non-hydrogen) atoms. The van der Waals surface area contributed by atoms with E-state index in [0.29, 0.717) is 18.1 Å². The number of benzene rings is 2. The lowest BCUT2D eigenvalue weighted by Crippen LogP contribution is -2.25. The van der Waals surface area contributed by atoms with Crippen LogP contribution in [0.4, 0.5) is 9.18 Å². The Hall–Kier alpha value is -2.60. The number of carbonyl (C=O) groups is 1. The van der Waals surface area contributed by atoms with Crippen LogP contribution in [0.25, 0.3) is 0 Å². The topological polar surface area (TPSA) is 42.0 Å². The molecule has 5 nitrogen and oxygen atoms in total. The summed E-state index contributed by atoms with van der Waals surface area (Å²) in [4.78, 5) is 15.2. The molecule has 0 aliphatic carbocycles. The van der Waals surface area contributed by atoms with Gasteiger partial charge in [-0.05, 0) is 56.1 Å². The van der Waals surface area contributed by atoms with Gasteiger partial charge in [0.05, 0.1) is 6.61 Å². The van der Waals surface area contributed by atoms with E-state index in [1.807, 2.05) is 32.3 Å². The van der Waals surface area contributed by atoms with E-state index in [0.717, 1.165) is 12.0 Å². The highest BCUT2D eigenvalue weighted by molar-refractivity contribution is 5.70. The molecule has 2 aromatic carbocycles. The predicted octanol–water partition coefficient (Wildman–Crippen LogP) is 3.96. The molecule has 0 radical (unpaired) electrons. The summed E-state index contributed by atoms with van der Waals surface area (Å²) in [6.07, 6.45) is 0.318. The zero-order valence-electron chi connectivity index (χ0n) is 15.6. The highest BCUT2D eigenvalue weighted by Crippen LogP contribution is 2.26. The van der Waals surface area contributed by atoms with Gasteiger partial charge in [-0.2, -0.15) is 0 Å². The third-order valence-electron chi connectivity index (χ3n) is 3.91. The van der Waals surface area contributed by atoms with Gasteiger partial charge < -0.3 is 19.3 Å². The van der Waals surface area contributed by atoms with Crippen LogP contribution < -0.4 is 9.47 Å². The van der Waals surface area contributed by atoms with Crippen molar-refractivity contribution in [2.75, 3.05) is 34.8 Å². The van der Waals surface area contributed by atoms with Crippen molar-refractivity contribution >= 4 is 6.09 Å². The molecular formula is C20H25FN2O3. The number of hydrogen-bond donors (Lipinski definition) is 0. The third-order valence-corrected chi connectivity index (χ3v) is 3.91. The fourth-order valence-corrected chi connectivity index (χ4v) is 2.52. The van der Waals surface area contributed by atoms with Crippen molar-refractivity contribution in [1.82, 2.24) is 9.80 Å². The fourth-order valence-electron chi connectivity index (χ4n) is 2.52. The second-order valence-corrected chi connectivity index (χ2v) is 6.41. The molecule has 0 aromatic heterocycles. The summed E-state index contributed by atoms with van der Waals surface area (Å²) < 4.78 is 24.0. The SMILES string of the molecule is CN(C)C(=O)Oc1cccc(C(CCOc2ccc(F)cc2)N(C)C)c1. The average molecular weight is 360 g/mol. The first kappa shape index (κ1) is 19.7. The monoisotopic (exact) mass is 360 g/mol. The molecule has 0 saturated heterocycles. The lowest BCUT2D eigenvalue weighted by atomic mass is 10.0. The minimum Gasteiger partial charge on any atom is -0.494 e. The van der Waals surface area contributed by atoms with Crippen molar-refractivity contribution < 1.29 is 18.7 Å². The molecule has 0 aliphatic rings. The van der Waals surface area contributed by atoms with E-state index in [-0.39, 0.29) is 11.9 Å². The van der Waals surface area contributed by atoms with Gasteiger partial charge in [-0.15, -0.1) is 0 Å². The second kappa shape index (κ2) is 9.20. The van der Waals surface area contributed by atoms with Crippen LogP contribution in [0, 0.1) is 5.82 Å². The molecule has 0 aliphatic heterocycles. The smallest absolute Gasteiger partial charge is 0.414 e. The van der Waals surface area contributed by atoms with Crippen LogP contribution >= 0.6 is 0 Å². The quantitative estimate of drug-likeness (QED) is 0.750. The Morgan fingerprint density at radius 3 is 2.35 bits per heavy atom. The summed E-state index contributed by atoms with van der Waals surface area (Å²) in [7, 11) is 7.26. The molecule has 1 atom stereocenters. The average Bonchev–Trinajstić information content (AvgIpc) is 2.60. The highest BCUT2D eigenvalue weighted by atomic mass is 19.1. The Bertz CT molecular complexity index is 717. The minimum atomic E-state index is -0.414. The Kier molecular flexibility index (Phi) is 6.97. The van der Waals surface area contributed by atoms with Crippen LogP contribution in [0.5, 0.6) is 11.5 Å². The first-order valence-corrected chi connectivity index (χ1v) is 8.40. The van der Waals surface area contributed by atoms with Crippen molar-refractivity contribution in [1.29, 1.82) is 0 Å². The van der Waals surface area contributed by atoms with E-state index in [4.69, 9.17) is 9.47 Å². The molecule has 0 saturated carbocycles. The first-order chi connectivity index (χ1) is 12.4. The van der Waals surface area contributed by atoms with Gasteiger partial charge in [-0.1, -0.05) is 12.1 Å². The lowest BCUT2D eigenvalue weighted by molar-refractivity contribution is 0.171. The van der Waals surface area contributed by atoms with Crippen LogP contribution in [0.3, 0.4) is 0 Å². The fraction of sp³-hybridized carbons (Fsp3) is 0.350. The van der Waals surface area contributed by atoms with Gasteiger partial charge >= 0.3 is 6.09 Å². The van der Waals surface area contributed by atoms with E-state index < -0.39 is 6.09 Å². The summed E-state index contributed by atoms with van der Waals surface area (Å²) in [6, 6.07) is 13.6. The van der Waals surface area contributed by atoms with Gasteiger partial charge in [0.1, 0.15) is 17.3 Å². The minimum absolute atomic E-state index is 0.0912. The molecule has 1 amide bonds. The molecule has 0 heterocycles. The van der Waals surface area contributed by atoms with Crippen LogP contribution in [0.15, 0.2) is 48.5 Å². The van der Waals surface area contributed by atoms with Crippen LogP contribution in [-0.2, 0) is 0 Å². The van der Waals surface area contributed by atoms with E-state index in [1.54, 1.807) is 32.3 Å². The van der Waals surface area contributed by atoms with Gasteiger partial charge in [0, 0.05) is 26.6 Å². The van der Waals surface area contributed by atoms with Crippen molar-refractivity contribution in [3.05, 3.63) is 59.9 Å². The summed E-state index contributed by atoms with van der Waals surface area (Å²) >= 11 is 0. The van der Waals surface area contributed by atoms with Crippen LogP contribution in [0.1, 0.15) is 18.0 Å². The molecule has 0 spiro atoms. The summed E-state index contributed by atoms with van der Waals surface area (Å²) in [6.45, 7) is 0.482. The van der Waals surface area contributed by atoms with E-state index in [9.17, 15) is 9.18 Å². The lowest BCUT2D eigenvalue weighted by Gasteiger charge is -2.25. The maximum Gasteiger partial charge on any atom is 0.414 e. The number of carbonyl (C=O) groups excluding carboxylic acids is 1. The highest BCUT2D eigenvalue weighted by Gasteiger charge is 2.16. The second-order valence-electron chi connectivity index (χ2n) is 6.41. The van der Waals surface area contributed by atoms with Gasteiger partial charge in [0.15, 0.2) is 0 Å². The molecule has 2 rings (SSSR count). The number of halogens is 1. The van der Waals surface area contributed by atoms with Crippen molar-refractivity contribution in [2.24, 2.45) is 0 Å². The third kappa shape index (κ3) is 5.74. The molecule has 140 valence electrons. The number of ether oxygens (including phenoxy) is 2. The van der Waals surface area contributed by atoms with Crippen molar-refractivity contribution in [2.45, 2.75) is 12.5 Å². The number of amides is 1. The summed E-state index contributed by atoms with van der Waals surface area (Å²) in [5.41, 5.74) is 1.03. The van der Waals surface area contributed by atoms with E-state index >= 15 is 0 Å². The molecule has 6 heteroatoms. The maximum absolute atomic E-state index is 12.9. The van der Waals surface area contributed by atoms with E-state index in [2.05, 4.69) is 4.90 Å². The van der Waals surface area contributed by atoms with Gasteiger partial charge in [-0.25, -0.2) is 9.18 Å². The number of hydrogen-bond acceptors (Lipinski definition) is 4. The zero-order chi connectivity index (χ0) is 19.1. The van der Waals surface area contributed by atoms with Crippen LogP contribution in [-0.4, -0.2) is 50.7 Å². The van der Waals surface area contributed by atoms with Gasteiger partial charge in [0.2, 0.25) is 0 Å². The molecule has 0 fully saturated rings. The normalized spacial score (nSPS) is 11.9. The number of nitrogens with zero attached hydrogens (tertiary/aromatic N) is 2. The largest absolute Gasteiger partial charge is 0.494 e. The first-order valence-electron chi connectivity index (χ1n) is 8.40. The predicted molar refractivity (Wildman–Crippen MR) is 99.1 cm³/mol. The van der Waals surface area contributed by atoms with Crippen LogP contribution in [0.2, 0.25) is 0 Å². The standard InChI is InChI=1S/C20H25FN2O3/c1-22(2)19(12-13-25-17-10-8-16(21)9-11-17)15-6-5-7-18(14-15)26-20(24)23(3)4/h5-11,14,19H,12-13H2,1-4H3. The maximum atomic E-state index is 12.9. The molecular weight excluding hydrogens is 335 g/mol. The Morgan fingerprint density at radius 1 is 1.04 bits per heavy atom. The molecule has 0 N–H and O–H groups in total. The molecule has 1 unspecified atom stereocenters. The Labute approximate surface area is 153 Å². The van der Waals surface area contributed by atoms with E-state index in [1.165, 1.54) is 17.0 Å². The summed E-state index contributed by atoms with van der Waals surface area (Å²) in [5, 5.41) is 0.